The summed E-state index contributed by atoms with van der Waals surface area (Å²) in [6.45, 7) is 1.97. The predicted molar refractivity (Wildman–Crippen MR) is 111 cm³/mol. The molecule has 3 heterocycles. The van der Waals surface area contributed by atoms with E-state index in [2.05, 4.69) is 15.3 Å². The molecule has 128 valence electrons. The van der Waals surface area contributed by atoms with Crippen LogP contribution < -0.4 is 5.32 Å². The Balaban J connectivity index is 0.00000182. The zero-order chi connectivity index (χ0) is 16.7. The summed E-state index contributed by atoms with van der Waals surface area (Å²) in [5.74, 6) is 0. The van der Waals surface area contributed by atoms with Crippen LogP contribution in [0.2, 0.25) is 10.0 Å². The van der Waals surface area contributed by atoms with E-state index in [9.17, 15) is 0 Å². The Labute approximate surface area is 169 Å². The van der Waals surface area contributed by atoms with Gasteiger partial charge in [-0.05, 0) is 43.3 Å². The largest absolute Gasteiger partial charge is 0.332 e. The maximum Gasteiger partial charge on any atom is 0.187 e. The summed E-state index contributed by atoms with van der Waals surface area (Å²) in [5.41, 5.74) is 4.53. The molecular weight excluding hydrogens is 443 g/mol. The molecule has 0 spiro atoms. The van der Waals surface area contributed by atoms with Crippen molar-refractivity contribution in [3.8, 4) is 11.4 Å². The highest BCUT2D eigenvalue weighted by atomic mass is 79.9. The van der Waals surface area contributed by atoms with E-state index < -0.39 is 0 Å². The van der Waals surface area contributed by atoms with Gasteiger partial charge in [0.25, 0.3) is 0 Å². The zero-order valence-electron chi connectivity index (χ0n) is 13.0. The van der Waals surface area contributed by atoms with Crippen molar-refractivity contribution < 1.29 is 0 Å². The molecule has 0 aliphatic heterocycles. The van der Waals surface area contributed by atoms with Crippen LogP contribution in [-0.2, 0) is 0 Å². The van der Waals surface area contributed by atoms with Crippen LogP contribution in [0.15, 0.2) is 48.0 Å². The summed E-state index contributed by atoms with van der Waals surface area (Å²) in [6, 6.07) is 11.3. The smallest absolute Gasteiger partial charge is 0.187 e. The first-order valence-electron chi connectivity index (χ1n) is 7.23. The van der Waals surface area contributed by atoms with E-state index >= 15 is 0 Å². The van der Waals surface area contributed by atoms with Crippen molar-refractivity contribution in [3.63, 3.8) is 0 Å². The Morgan fingerprint density at radius 3 is 2.48 bits per heavy atom. The topological polar surface area (TPSA) is 42.2 Å². The van der Waals surface area contributed by atoms with Gasteiger partial charge in [0.1, 0.15) is 11.3 Å². The van der Waals surface area contributed by atoms with E-state index in [0.29, 0.717) is 10.0 Å². The molecule has 0 aliphatic rings. The summed E-state index contributed by atoms with van der Waals surface area (Å²) < 4.78 is 1.97. The normalized spacial score (nSPS) is 10.7. The Morgan fingerprint density at radius 2 is 1.72 bits per heavy atom. The highest BCUT2D eigenvalue weighted by molar-refractivity contribution is 8.93. The molecule has 0 fully saturated rings. The molecule has 4 aromatic rings. The van der Waals surface area contributed by atoms with E-state index in [-0.39, 0.29) is 17.0 Å². The Hall–Kier alpha value is -1.60. The van der Waals surface area contributed by atoms with Crippen LogP contribution in [0, 0.1) is 6.92 Å². The quantitative estimate of drug-likeness (QED) is 0.388. The van der Waals surface area contributed by atoms with Crippen LogP contribution in [0.25, 0.3) is 17.0 Å². The van der Waals surface area contributed by atoms with E-state index in [1.54, 1.807) is 0 Å². The van der Waals surface area contributed by atoms with Gasteiger partial charge in [-0.15, -0.1) is 28.3 Å². The molecule has 3 aromatic heterocycles. The number of nitrogens with zero attached hydrogens (tertiary/aromatic N) is 3. The van der Waals surface area contributed by atoms with Crippen molar-refractivity contribution >= 4 is 68.0 Å². The summed E-state index contributed by atoms with van der Waals surface area (Å²) >= 11 is 13.6. The molecule has 4 nitrogen and oxygen atoms in total. The maximum atomic E-state index is 6.12. The maximum absolute atomic E-state index is 6.12. The number of nitrogens with one attached hydrogen (secondary N) is 1. The molecule has 0 saturated carbocycles. The fourth-order valence-electron chi connectivity index (χ4n) is 2.54. The minimum absolute atomic E-state index is 0. The Morgan fingerprint density at radius 1 is 1.00 bits per heavy atom. The Bertz CT molecular complexity index is 1030. The number of aromatic nitrogens is 3. The summed E-state index contributed by atoms with van der Waals surface area (Å²) in [7, 11) is 0. The van der Waals surface area contributed by atoms with Crippen molar-refractivity contribution in [2.45, 2.75) is 6.92 Å². The summed E-state index contributed by atoms with van der Waals surface area (Å²) in [5, 5.41) is 7.47. The second-order valence-corrected chi connectivity index (χ2v) is 7.02. The highest BCUT2D eigenvalue weighted by Gasteiger charge is 2.14. The molecule has 0 amide bonds. The van der Waals surface area contributed by atoms with Gasteiger partial charge in [-0.1, -0.05) is 23.2 Å². The minimum Gasteiger partial charge on any atom is -0.332 e. The van der Waals surface area contributed by atoms with Gasteiger partial charge in [0, 0.05) is 22.3 Å². The lowest BCUT2D eigenvalue weighted by atomic mass is 10.3. The Kier molecular flexibility index (Phi) is 5.34. The number of aryl methyl sites for hydroxylation is 1. The van der Waals surface area contributed by atoms with Crippen molar-refractivity contribution in [1.29, 1.82) is 0 Å². The number of imidazole rings is 1. The second-order valence-electron chi connectivity index (χ2n) is 5.29. The highest BCUT2D eigenvalue weighted by Crippen LogP contribution is 2.30. The van der Waals surface area contributed by atoms with Gasteiger partial charge >= 0.3 is 0 Å². The van der Waals surface area contributed by atoms with Crippen molar-refractivity contribution in [2.24, 2.45) is 0 Å². The van der Waals surface area contributed by atoms with E-state index in [1.807, 2.05) is 59.3 Å². The average molecular weight is 456 g/mol. The number of pyridine rings is 1. The van der Waals surface area contributed by atoms with Gasteiger partial charge in [0.15, 0.2) is 5.13 Å². The molecule has 25 heavy (non-hydrogen) atoms. The van der Waals surface area contributed by atoms with Gasteiger partial charge in [-0.3, -0.25) is 4.40 Å². The first-order chi connectivity index (χ1) is 11.6. The number of rotatable bonds is 3. The first kappa shape index (κ1) is 18.2. The molecule has 4 rings (SSSR count). The van der Waals surface area contributed by atoms with E-state index in [0.717, 1.165) is 33.5 Å². The summed E-state index contributed by atoms with van der Waals surface area (Å²) in [6.07, 6.45) is 1.86. The molecule has 0 bridgehead atoms. The van der Waals surface area contributed by atoms with Crippen molar-refractivity contribution in [1.82, 2.24) is 14.4 Å². The van der Waals surface area contributed by atoms with Crippen LogP contribution in [0.4, 0.5) is 10.8 Å². The standard InChI is InChI=1S/C17H12Cl2N4S.BrH/c1-10-16(23-8-12(19)4-7-15(23)20-10)14-9-24-17(22-14)21-13-5-2-11(18)3-6-13;/h2-9H,1H3,(H,21,22);1H. The van der Waals surface area contributed by atoms with Gasteiger partial charge in [0.05, 0.1) is 16.4 Å². The summed E-state index contributed by atoms with van der Waals surface area (Å²) in [4.78, 5) is 9.25. The number of fused-ring (bicyclic) bond motifs is 1. The van der Waals surface area contributed by atoms with Gasteiger partial charge in [-0.2, -0.15) is 0 Å². The number of hydrogen-bond acceptors (Lipinski definition) is 4. The first-order valence-corrected chi connectivity index (χ1v) is 8.86. The average Bonchev–Trinajstić information content (AvgIpc) is 3.12. The third-order valence-corrected chi connectivity index (χ3v) is 4.83. The molecule has 0 aliphatic carbocycles. The predicted octanol–water partition coefficient (Wildman–Crippen LogP) is 6.39. The number of anilines is 2. The van der Waals surface area contributed by atoms with E-state index in [1.165, 1.54) is 11.3 Å². The monoisotopic (exact) mass is 454 g/mol. The number of benzene rings is 1. The molecule has 0 radical (unpaired) electrons. The van der Waals surface area contributed by atoms with Crippen LogP contribution in [0.5, 0.6) is 0 Å². The zero-order valence-corrected chi connectivity index (χ0v) is 17.1. The van der Waals surface area contributed by atoms with Crippen LogP contribution in [0.3, 0.4) is 0 Å². The van der Waals surface area contributed by atoms with Crippen LogP contribution >= 0.6 is 51.5 Å². The van der Waals surface area contributed by atoms with Gasteiger partial charge < -0.3 is 5.32 Å². The third-order valence-electron chi connectivity index (χ3n) is 3.60. The fraction of sp³-hybridized carbons (Fsp3) is 0.0588. The second kappa shape index (κ2) is 7.33. The van der Waals surface area contributed by atoms with Crippen LogP contribution in [0.1, 0.15) is 5.69 Å². The van der Waals surface area contributed by atoms with Crippen molar-refractivity contribution in [2.75, 3.05) is 5.32 Å². The molecular formula is C17H13BrCl2N4S. The number of hydrogen-bond donors (Lipinski definition) is 1. The van der Waals surface area contributed by atoms with Gasteiger partial charge in [-0.25, -0.2) is 9.97 Å². The fourth-order valence-corrected chi connectivity index (χ4v) is 3.54. The third kappa shape index (κ3) is 3.67. The molecule has 0 unspecified atom stereocenters. The lowest BCUT2D eigenvalue weighted by Crippen LogP contribution is -1.92. The van der Waals surface area contributed by atoms with Crippen molar-refractivity contribution in [3.05, 3.63) is 63.7 Å². The lowest BCUT2D eigenvalue weighted by Gasteiger charge is -2.02. The lowest BCUT2D eigenvalue weighted by molar-refractivity contribution is 1.17. The SMILES string of the molecule is Br.Cc1nc2ccc(Cl)cn2c1-c1csc(Nc2ccc(Cl)cc2)n1. The molecule has 0 atom stereocenters. The molecule has 1 N–H and O–H groups in total. The minimum atomic E-state index is 0. The molecule has 1 aromatic carbocycles. The number of halogens is 3. The van der Waals surface area contributed by atoms with E-state index in [4.69, 9.17) is 23.2 Å². The molecule has 0 saturated heterocycles. The van der Waals surface area contributed by atoms with Crippen LogP contribution in [-0.4, -0.2) is 14.4 Å². The molecule has 8 heteroatoms. The number of thiazole rings is 1. The van der Waals surface area contributed by atoms with Gasteiger partial charge in [0.2, 0.25) is 0 Å².